The smallest absolute Gasteiger partial charge is 0.0442 e. The summed E-state index contributed by atoms with van der Waals surface area (Å²) in [6.45, 7) is 6.75. The van der Waals surface area contributed by atoms with Gasteiger partial charge in [0.2, 0.25) is 0 Å². The van der Waals surface area contributed by atoms with Crippen LogP contribution in [0.2, 0.25) is 0 Å². The Bertz CT molecular complexity index is 205. The van der Waals surface area contributed by atoms with Crippen LogP contribution in [-0.2, 0) is 0 Å². The van der Waals surface area contributed by atoms with Gasteiger partial charge in [-0.05, 0) is 11.8 Å². The third-order valence-electron chi connectivity index (χ3n) is 3.41. The normalized spacial score (nSPS) is 12.6. The molecule has 0 atom stereocenters. The SMILES string of the molecule is C1=CSSC1.CCCCCCCC.CCCCCCCC(S)S. The highest BCUT2D eigenvalue weighted by atomic mass is 33.1. The first-order valence-electron chi connectivity index (χ1n) is 9.48. The zero-order chi connectivity index (χ0) is 17.6. The molecule has 140 valence electrons. The van der Waals surface area contributed by atoms with Crippen molar-refractivity contribution in [3.63, 3.8) is 0 Å². The van der Waals surface area contributed by atoms with E-state index in [2.05, 4.69) is 57.5 Å². The van der Waals surface area contributed by atoms with E-state index < -0.39 is 0 Å². The van der Waals surface area contributed by atoms with Gasteiger partial charge in [-0.25, -0.2) is 0 Å². The second-order valence-corrected chi connectivity index (χ2v) is 9.82. The van der Waals surface area contributed by atoms with Crippen LogP contribution >= 0.6 is 46.8 Å². The van der Waals surface area contributed by atoms with Gasteiger partial charge in [0.15, 0.2) is 0 Å². The molecule has 0 N–H and O–H groups in total. The summed E-state index contributed by atoms with van der Waals surface area (Å²) < 4.78 is 0.293. The van der Waals surface area contributed by atoms with Gasteiger partial charge in [0.25, 0.3) is 0 Å². The van der Waals surface area contributed by atoms with Crippen molar-refractivity contribution in [2.24, 2.45) is 0 Å². The number of hydrogen-bond acceptors (Lipinski definition) is 4. The first-order valence-corrected chi connectivity index (χ1v) is 12.9. The molecule has 0 aliphatic carbocycles. The lowest BCUT2D eigenvalue weighted by Gasteiger charge is -2.01. The maximum absolute atomic E-state index is 4.19. The lowest BCUT2D eigenvalue weighted by molar-refractivity contribution is 0.623. The minimum absolute atomic E-state index is 0.293. The van der Waals surface area contributed by atoms with Crippen LogP contribution in [0.25, 0.3) is 0 Å². The second kappa shape index (κ2) is 25.4. The topological polar surface area (TPSA) is 0 Å². The van der Waals surface area contributed by atoms with Crippen molar-refractivity contribution >= 4 is 46.8 Å². The van der Waals surface area contributed by atoms with Gasteiger partial charge in [0, 0.05) is 10.3 Å². The minimum Gasteiger partial charge on any atom is -0.165 e. The lowest BCUT2D eigenvalue weighted by atomic mass is 10.1. The lowest BCUT2D eigenvalue weighted by Crippen LogP contribution is -1.86. The summed E-state index contributed by atoms with van der Waals surface area (Å²) in [4.78, 5) is 0. The molecule has 0 radical (unpaired) electrons. The molecule has 0 aromatic heterocycles. The molecule has 0 nitrogen and oxygen atoms in total. The van der Waals surface area contributed by atoms with Crippen molar-refractivity contribution in [1.82, 2.24) is 0 Å². The summed E-state index contributed by atoms with van der Waals surface area (Å²) in [6, 6.07) is 0. The summed E-state index contributed by atoms with van der Waals surface area (Å²) in [6.07, 6.45) is 18.5. The van der Waals surface area contributed by atoms with E-state index in [-0.39, 0.29) is 0 Å². The van der Waals surface area contributed by atoms with E-state index in [0.29, 0.717) is 4.58 Å². The van der Waals surface area contributed by atoms with Crippen LogP contribution in [-0.4, -0.2) is 10.3 Å². The highest BCUT2D eigenvalue weighted by Gasteiger charge is 1.94. The molecule has 0 saturated carbocycles. The number of unbranched alkanes of at least 4 members (excludes halogenated alkanes) is 9. The summed E-state index contributed by atoms with van der Waals surface area (Å²) in [5, 5.41) is 2.12. The Labute approximate surface area is 166 Å². The van der Waals surface area contributed by atoms with Crippen LogP contribution in [0.3, 0.4) is 0 Å². The van der Waals surface area contributed by atoms with E-state index >= 15 is 0 Å². The Hall–Kier alpha value is 1.14. The first kappa shape index (κ1) is 26.4. The molecule has 0 spiro atoms. The van der Waals surface area contributed by atoms with E-state index in [0.717, 1.165) is 6.42 Å². The van der Waals surface area contributed by atoms with E-state index in [4.69, 9.17) is 0 Å². The quantitative estimate of drug-likeness (QED) is 0.155. The molecule has 0 aromatic rings. The Morgan fingerprint density at radius 1 is 0.783 bits per heavy atom. The molecule has 0 fully saturated rings. The fraction of sp³-hybridized carbons (Fsp3) is 0.895. The summed E-state index contributed by atoms with van der Waals surface area (Å²) in [5.41, 5.74) is 0. The molecule has 4 heteroatoms. The van der Waals surface area contributed by atoms with Gasteiger partial charge >= 0.3 is 0 Å². The number of thiol groups is 2. The van der Waals surface area contributed by atoms with Crippen LogP contribution in [0.5, 0.6) is 0 Å². The zero-order valence-electron chi connectivity index (χ0n) is 15.6. The van der Waals surface area contributed by atoms with E-state index in [9.17, 15) is 0 Å². The predicted molar refractivity (Wildman–Crippen MR) is 123 cm³/mol. The van der Waals surface area contributed by atoms with E-state index in [1.165, 1.54) is 76.4 Å². The van der Waals surface area contributed by atoms with Crippen LogP contribution < -0.4 is 0 Å². The largest absolute Gasteiger partial charge is 0.165 e. The fourth-order valence-corrected chi connectivity index (χ4v) is 3.92. The van der Waals surface area contributed by atoms with Crippen molar-refractivity contribution in [1.29, 1.82) is 0 Å². The van der Waals surface area contributed by atoms with Gasteiger partial charge in [-0.15, -0.1) is 0 Å². The van der Waals surface area contributed by atoms with Crippen molar-refractivity contribution in [2.45, 2.75) is 102 Å². The summed E-state index contributed by atoms with van der Waals surface area (Å²) >= 11 is 8.37. The molecule has 0 saturated heterocycles. The second-order valence-electron chi connectivity index (χ2n) is 5.85. The van der Waals surface area contributed by atoms with E-state index in [1.807, 2.05) is 21.6 Å². The maximum atomic E-state index is 4.19. The molecule has 23 heavy (non-hydrogen) atoms. The van der Waals surface area contributed by atoms with Crippen molar-refractivity contribution in [3.05, 3.63) is 11.5 Å². The van der Waals surface area contributed by atoms with Crippen LogP contribution in [0.15, 0.2) is 11.5 Å². The Morgan fingerprint density at radius 2 is 1.26 bits per heavy atom. The third-order valence-corrected chi connectivity index (χ3v) is 5.84. The molecular formula is C19H40S4. The van der Waals surface area contributed by atoms with Crippen molar-refractivity contribution in [3.8, 4) is 0 Å². The highest BCUT2D eigenvalue weighted by Crippen LogP contribution is 2.27. The third kappa shape index (κ3) is 31.4. The molecule has 1 heterocycles. The van der Waals surface area contributed by atoms with Gasteiger partial charge in [-0.2, -0.15) is 25.3 Å². The van der Waals surface area contributed by atoms with Crippen LogP contribution in [0, 0.1) is 0 Å². The predicted octanol–water partition coefficient (Wildman–Crippen LogP) is 8.79. The molecular weight excluding hydrogens is 356 g/mol. The molecule has 0 unspecified atom stereocenters. The standard InChI is InChI=1S/C8H18S2.C8H18.C3H4S2/c1-2-3-4-5-6-7-8(9)10;1-3-5-7-8-6-4-2;1-2-4-5-3-1/h8-10H,2-7H2,1H3;3-8H2,1-2H3;1-2H,3H2. The molecule has 0 aromatic carbocycles. The Morgan fingerprint density at radius 3 is 1.52 bits per heavy atom. The minimum atomic E-state index is 0.293. The average Bonchev–Trinajstić information content (AvgIpc) is 3.12. The number of hydrogen-bond donors (Lipinski definition) is 2. The van der Waals surface area contributed by atoms with Crippen molar-refractivity contribution in [2.75, 3.05) is 5.75 Å². The molecule has 1 aliphatic heterocycles. The van der Waals surface area contributed by atoms with Gasteiger partial charge in [-0.1, -0.05) is 119 Å². The van der Waals surface area contributed by atoms with Gasteiger partial charge in [0.1, 0.15) is 0 Å². The van der Waals surface area contributed by atoms with E-state index in [1.54, 1.807) is 0 Å². The fourth-order valence-electron chi connectivity index (χ4n) is 1.98. The van der Waals surface area contributed by atoms with Gasteiger partial charge in [0.05, 0.1) is 0 Å². The Kier molecular flexibility index (Phi) is 29.1. The number of rotatable bonds is 11. The maximum Gasteiger partial charge on any atom is 0.0442 e. The summed E-state index contributed by atoms with van der Waals surface area (Å²) in [5.74, 6) is 1.20. The monoisotopic (exact) mass is 396 g/mol. The van der Waals surface area contributed by atoms with Crippen LogP contribution in [0.1, 0.15) is 97.8 Å². The van der Waals surface area contributed by atoms with Gasteiger partial charge < -0.3 is 0 Å². The van der Waals surface area contributed by atoms with Crippen molar-refractivity contribution < 1.29 is 0 Å². The Balaban J connectivity index is 0. The van der Waals surface area contributed by atoms with Gasteiger partial charge in [-0.3, -0.25) is 0 Å². The molecule has 1 aliphatic rings. The molecule has 1 rings (SSSR count). The first-order chi connectivity index (χ1) is 11.2. The summed E-state index contributed by atoms with van der Waals surface area (Å²) in [7, 11) is 3.69. The molecule has 0 amide bonds. The van der Waals surface area contributed by atoms with Crippen LogP contribution in [0.4, 0.5) is 0 Å². The highest BCUT2D eigenvalue weighted by molar-refractivity contribution is 8.78. The average molecular weight is 397 g/mol. The zero-order valence-corrected chi connectivity index (χ0v) is 19.1. The molecule has 0 bridgehead atoms.